The van der Waals surface area contributed by atoms with Gasteiger partial charge in [-0.15, -0.1) is 0 Å². The molecule has 2 aromatic rings. The summed E-state index contributed by atoms with van der Waals surface area (Å²) in [5, 5.41) is 0. The normalized spacial score (nSPS) is 15.5. The molecule has 1 aromatic heterocycles. The summed E-state index contributed by atoms with van der Waals surface area (Å²) >= 11 is 0. The smallest absolute Gasteiger partial charge is 0.403 e. The quantitative estimate of drug-likeness (QED) is 0.638. The second-order valence-corrected chi connectivity index (χ2v) is 5.86. The number of carbonyl (C=O) groups is 1. The SMILES string of the molecule is O=C(OC1CCCCC1)c1cccc[n+]1Cc1ccccc1. The van der Waals surface area contributed by atoms with E-state index >= 15 is 0 Å². The van der Waals surface area contributed by atoms with E-state index in [1.165, 1.54) is 12.0 Å². The first-order valence-electron chi connectivity index (χ1n) is 8.06. The second kappa shape index (κ2) is 7.21. The maximum Gasteiger partial charge on any atom is 0.403 e. The molecule has 3 rings (SSSR count). The second-order valence-electron chi connectivity index (χ2n) is 5.86. The van der Waals surface area contributed by atoms with Gasteiger partial charge in [0.1, 0.15) is 6.10 Å². The number of nitrogens with zero attached hydrogens (tertiary/aromatic N) is 1. The summed E-state index contributed by atoms with van der Waals surface area (Å²) in [6.45, 7) is 0.677. The number of aromatic nitrogens is 1. The van der Waals surface area contributed by atoms with Crippen LogP contribution in [-0.4, -0.2) is 12.1 Å². The van der Waals surface area contributed by atoms with Gasteiger partial charge in [-0.3, -0.25) is 0 Å². The minimum Gasteiger partial charge on any atom is -0.454 e. The number of hydrogen-bond acceptors (Lipinski definition) is 2. The van der Waals surface area contributed by atoms with Gasteiger partial charge in [-0.2, -0.15) is 4.57 Å². The van der Waals surface area contributed by atoms with Gasteiger partial charge in [0, 0.05) is 17.7 Å². The molecule has 0 N–H and O–H groups in total. The molecule has 0 saturated heterocycles. The van der Waals surface area contributed by atoms with Crippen molar-refractivity contribution >= 4 is 5.97 Å². The van der Waals surface area contributed by atoms with Crippen LogP contribution in [0.4, 0.5) is 0 Å². The Morgan fingerprint density at radius 1 is 1.00 bits per heavy atom. The molecule has 22 heavy (non-hydrogen) atoms. The monoisotopic (exact) mass is 296 g/mol. The van der Waals surface area contributed by atoms with Crippen molar-refractivity contribution in [3.8, 4) is 0 Å². The maximum absolute atomic E-state index is 12.5. The summed E-state index contributed by atoms with van der Waals surface area (Å²) in [5.41, 5.74) is 1.79. The van der Waals surface area contributed by atoms with E-state index in [-0.39, 0.29) is 12.1 Å². The molecule has 1 fully saturated rings. The molecule has 0 spiro atoms. The van der Waals surface area contributed by atoms with Gasteiger partial charge >= 0.3 is 5.97 Å². The zero-order chi connectivity index (χ0) is 15.2. The van der Waals surface area contributed by atoms with Crippen LogP contribution in [0.5, 0.6) is 0 Å². The van der Waals surface area contributed by atoms with Gasteiger partial charge in [-0.25, -0.2) is 4.79 Å². The number of benzene rings is 1. The fourth-order valence-electron chi connectivity index (χ4n) is 2.97. The minimum absolute atomic E-state index is 0.0895. The molecule has 1 aromatic carbocycles. The Kier molecular flexibility index (Phi) is 4.84. The summed E-state index contributed by atoms with van der Waals surface area (Å²) < 4.78 is 7.65. The van der Waals surface area contributed by atoms with Crippen LogP contribution in [0.1, 0.15) is 48.2 Å². The molecule has 0 aliphatic heterocycles. The third-order valence-corrected chi connectivity index (χ3v) is 4.17. The van der Waals surface area contributed by atoms with Gasteiger partial charge < -0.3 is 4.74 Å². The van der Waals surface area contributed by atoms with Crippen LogP contribution < -0.4 is 4.57 Å². The molecule has 1 saturated carbocycles. The molecule has 0 amide bonds. The predicted molar refractivity (Wildman–Crippen MR) is 84.5 cm³/mol. The largest absolute Gasteiger partial charge is 0.454 e. The third-order valence-electron chi connectivity index (χ3n) is 4.17. The molecule has 0 radical (unpaired) electrons. The van der Waals surface area contributed by atoms with E-state index < -0.39 is 0 Å². The van der Waals surface area contributed by atoms with Gasteiger partial charge in [0.15, 0.2) is 12.7 Å². The Bertz CT molecular complexity index is 618. The summed E-state index contributed by atoms with van der Waals surface area (Å²) in [6, 6.07) is 15.8. The van der Waals surface area contributed by atoms with E-state index in [0.717, 1.165) is 25.7 Å². The Balaban J connectivity index is 1.74. The lowest BCUT2D eigenvalue weighted by molar-refractivity contribution is -0.690. The zero-order valence-corrected chi connectivity index (χ0v) is 12.8. The van der Waals surface area contributed by atoms with Gasteiger partial charge in [0.25, 0.3) is 5.69 Å². The minimum atomic E-state index is -0.205. The Morgan fingerprint density at radius 3 is 2.50 bits per heavy atom. The Labute approximate surface area is 131 Å². The standard InChI is InChI=1S/C19H22NO2/c21-19(22-17-11-5-2-6-12-17)18-13-7-8-14-20(18)15-16-9-3-1-4-10-16/h1,3-4,7-10,13-14,17H,2,5-6,11-12,15H2/q+1. The Morgan fingerprint density at radius 2 is 1.73 bits per heavy atom. The summed E-state index contributed by atoms with van der Waals surface area (Å²) in [7, 11) is 0. The maximum atomic E-state index is 12.5. The van der Waals surface area contributed by atoms with Gasteiger partial charge in [0.2, 0.25) is 0 Å². The molecular formula is C19H22NO2+. The lowest BCUT2D eigenvalue weighted by atomic mass is 9.98. The van der Waals surface area contributed by atoms with Crippen LogP contribution in [0.2, 0.25) is 0 Å². The molecule has 1 aliphatic carbocycles. The first-order valence-corrected chi connectivity index (χ1v) is 8.06. The lowest BCUT2D eigenvalue weighted by Crippen LogP contribution is -2.41. The van der Waals surface area contributed by atoms with Crippen LogP contribution in [-0.2, 0) is 11.3 Å². The Hall–Kier alpha value is -2.16. The number of ether oxygens (including phenoxy) is 1. The van der Waals surface area contributed by atoms with Crippen molar-refractivity contribution < 1.29 is 14.1 Å². The van der Waals surface area contributed by atoms with Crippen LogP contribution in [0.3, 0.4) is 0 Å². The van der Waals surface area contributed by atoms with E-state index in [1.54, 1.807) is 0 Å². The highest BCUT2D eigenvalue weighted by Crippen LogP contribution is 2.21. The highest BCUT2D eigenvalue weighted by atomic mass is 16.5. The first-order chi connectivity index (χ1) is 10.8. The van der Waals surface area contributed by atoms with Crippen molar-refractivity contribution in [1.29, 1.82) is 0 Å². The van der Waals surface area contributed by atoms with Crippen molar-refractivity contribution in [3.05, 3.63) is 66.0 Å². The van der Waals surface area contributed by atoms with Crippen molar-refractivity contribution in [2.75, 3.05) is 0 Å². The van der Waals surface area contributed by atoms with E-state index in [0.29, 0.717) is 12.2 Å². The zero-order valence-electron chi connectivity index (χ0n) is 12.8. The fraction of sp³-hybridized carbons (Fsp3) is 0.368. The van der Waals surface area contributed by atoms with E-state index in [4.69, 9.17) is 4.74 Å². The van der Waals surface area contributed by atoms with E-state index in [9.17, 15) is 4.79 Å². The highest BCUT2D eigenvalue weighted by Gasteiger charge is 2.25. The first kappa shape index (κ1) is 14.8. The molecule has 114 valence electrons. The summed E-state index contributed by atoms with van der Waals surface area (Å²) in [5.74, 6) is -0.205. The van der Waals surface area contributed by atoms with Crippen molar-refractivity contribution in [2.24, 2.45) is 0 Å². The molecule has 1 heterocycles. The highest BCUT2D eigenvalue weighted by molar-refractivity contribution is 5.85. The number of esters is 1. The van der Waals surface area contributed by atoms with Crippen LogP contribution >= 0.6 is 0 Å². The van der Waals surface area contributed by atoms with Gasteiger partial charge in [0.05, 0.1) is 0 Å². The number of pyridine rings is 1. The average molecular weight is 296 g/mol. The average Bonchev–Trinajstić information content (AvgIpc) is 2.57. The fourth-order valence-corrected chi connectivity index (χ4v) is 2.97. The van der Waals surface area contributed by atoms with Crippen LogP contribution in [0.25, 0.3) is 0 Å². The lowest BCUT2D eigenvalue weighted by Gasteiger charge is -2.21. The molecule has 0 bridgehead atoms. The van der Waals surface area contributed by atoms with Gasteiger partial charge in [-0.1, -0.05) is 36.8 Å². The number of hydrogen-bond donors (Lipinski definition) is 0. The molecular weight excluding hydrogens is 274 g/mol. The van der Waals surface area contributed by atoms with Crippen LogP contribution in [0, 0.1) is 0 Å². The van der Waals surface area contributed by atoms with Crippen molar-refractivity contribution in [2.45, 2.75) is 44.8 Å². The van der Waals surface area contributed by atoms with Crippen molar-refractivity contribution in [3.63, 3.8) is 0 Å². The van der Waals surface area contributed by atoms with Gasteiger partial charge in [-0.05, 0) is 31.7 Å². The number of rotatable bonds is 4. The predicted octanol–water partition coefficient (Wildman–Crippen LogP) is 3.51. The topological polar surface area (TPSA) is 30.2 Å². The van der Waals surface area contributed by atoms with Crippen LogP contribution in [0.15, 0.2) is 54.7 Å². The molecule has 3 heteroatoms. The summed E-state index contributed by atoms with van der Waals surface area (Å²) in [4.78, 5) is 12.5. The molecule has 3 nitrogen and oxygen atoms in total. The van der Waals surface area contributed by atoms with Crippen molar-refractivity contribution in [1.82, 2.24) is 0 Å². The third kappa shape index (κ3) is 3.73. The van der Waals surface area contributed by atoms with E-state index in [1.807, 2.05) is 47.2 Å². The molecule has 0 unspecified atom stereocenters. The van der Waals surface area contributed by atoms with E-state index in [2.05, 4.69) is 12.1 Å². The number of carbonyl (C=O) groups excluding carboxylic acids is 1. The molecule has 0 atom stereocenters. The summed E-state index contributed by atoms with van der Waals surface area (Å²) in [6.07, 6.45) is 7.60. The molecule has 1 aliphatic rings.